The summed E-state index contributed by atoms with van der Waals surface area (Å²) in [5, 5.41) is 1.23. The molecule has 0 bridgehead atoms. The average molecular weight is 326 g/mol. The SMILES string of the molecule is C#Cc1c(C(C=C)O[Si](C)(C)C(C)(C)C)n(C)c2ccccc12. The molecule has 0 aliphatic rings. The van der Waals surface area contributed by atoms with Crippen LogP contribution in [0.5, 0.6) is 0 Å². The van der Waals surface area contributed by atoms with Gasteiger partial charge in [-0.1, -0.05) is 51.0 Å². The zero-order valence-electron chi connectivity index (χ0n) is 15.1. The van der Waals surface area contributed by atoms with Crippen LogP contribution in [0.3, 0.4) is 0 Å². The summed E-state index contributed by atoms with van der Waals surface area (Å²) in [6.45, 7) is 15.2. The fourth-order valence-corrected chi connectivity index (χ4v) is 3.80. The molecule has 0 radical (unpaired) electrons. The van der Waals surface area contributed by atoms with E-state index in [-0.39, 0.29) is 11.1 Å². The second-order valence-electron chi connectivity index (χ2n) is 7.52. The van der Waals surface area contributed by atoms with Crippen molar-refractivity contribution in [1.29, 1.82) is 0 Å². The number of hydrogen-bond acceptors (Lipinski definition) is 1. The van der Waals surface area contributed by atoms with Crippen molar-refractivity contribution >= 4 is 19.2 Å². The third-order valence-electron chi connectivity index (χ3n) is 5.01. The zero-order chi connectivity index (χ0) is 17.4. The second kappa shape index (κ2) is 6.03. The highest BCUT2D eigenvalue weighted by Crippen LogP contribution is 2.41. The monoisotopic (exact) mass is 325 g/mol. The van der Waals surface area contributed by atoms with Gasteiger partial charge in [-0.3, -0.25) is 0 Å². The lowest BCUT2D eigenvalue weighted by atomic mass is 10.1. The molecule has 1 aromatic carbocycles. The Morgan fingerprint density at radius 3 is 2.43 bits per heavy atom. The van der Waals surface area contributed by atoms with Gasteiger partial charge in [0.05, 0.1) is 11.3 Å². The van der Waals surface area contributed by atoms with Crippen LogP contribution in [0.2, 0.25) is 18.1 Å². The molecule has 0 fully saturated rings. The normalized spacial score (nSPS) is 13.8. The van der Waals surface area contributed by atoms with E-state index in [0.717, 1.165) is 22.2 Å². The van der Waals surface area contributed by atoms with Gasteiger partial charge < -0.3 is 8.99 Å². The van der Waals surface area contributed by atoms with Crippen molar-refractivity contribution in [3.05, 3.63) is 48.2 Å². The highest BCUT2D eigenvalue weighted by atomic mass is 28.4. The summed E-state index contributed by atoms with van der Waals surface area (Å²) in [7, 11) is 0.113. The van der Waals surface area contributed by atoms with E-state index in [1.165, 1.54) is 0 Å². The molecule has 0 aliphatic carbocycles. The highest BCUT2D eigenvalue weighted by molar-refractivity contribution is 6.74. The number of terminal acetylenes is 1. The maximum Gasteiger partial charge on any atom is 0.193 e. The molecule has 2 nitrogen and oxygen atoms in total. The fourth-order valence-electron chi connectivity index (χ4n) is 2.61. The number of rotatable bonds is 4. The number of aryl methyl sites for hydroxylation is 1. The molecule has 1 unspecified atom stereocenters. The van der Waals surface area contributed by atoms with Crippen molar-refractivity contribution in [1.82, 2.24) is 4.57 Å². The number of nitrogens with zero attached hydrogens (tertiary/aromatic N) is 1. The Balaban J connectivity index is 2.60. The van der Waals surface area contributed by atoms with E-state index in [2.05, 4.69) is 63.1 Å². The smallest absolute Gasteiger partial charge is 0.193 e. The fraction of sp³-hybridized carbons (Fsp3) is 0.400. The van der Waals surface area contributed by atoms with Gasteiger partial charge in [-0.15, -0.1) is 13.0 Å². The van der Waals surface area contributed by atoms with Gasteiger partial charge in [-0.2, -0.15) is 0 Å². The van der Waals surface area contributed by atoms with Crippen molar-refractivity contribution in [3.63, 3.8) is 0 Å². The Bertz CT molecular complexity index is 771. The molecule has 2 rings (SSSR count). The maximum atomic E-state index is 6.59. The largest absolute Gasteiger partial charge is 0.405 e. The molecule has 122 valence electrons. The maximum absolute atomic E-state index is 6.59. The van der Waals surface area contributed by atoms with E-state index in [0.29, 0.717) is 0 Å². The first-order valence-electron chi connectivity index (χ1n) is 7.98. The van der Waals surface area contributed by atoms with Gasteiger partial charge in [0, 0.05) is 18.0 Å². The number of para-hydroxylation sites is 1. The lowest BCUT2D eigenvalue weighted by molar-refractivity contribution is 0.222. The summed E-state index contributed by atoms with van der Waals surface area (Å²) < 4.78 is 8.74. The summed E-state index contributed by atoms with van der Waals surface area (Å²) in [6.07, 6.45) is 7.51. The lowest BCUT2D eigenvalue weighted by Crippen LogP contribution is -2.41. The third-order valence-corrected chi connectivity index (χ3v) is 9.46. The van der Waals surface area contributed by atoms with Crippen LogP contribution in [0, 0.1) is 12.3 Å². The summed E-state index contributed by atoms with van der Waals surface area (Å²) in [4.78, 5) is 0. The molecule has 1 heterocycles. The van der Waals surface area contributed by atoms with Crippen LogP contribution in [0.25, 0.3) is 10.9 Å². The average Bonchev–Trinajstić information content (AvgIpc) is 2.76. The number of fused-ring (bicyclic) bond motifs is 1. The van der Waals surface area contributed by atoms with Gasteiger partial charge in [0.2, 0.25) is 0 Å². The Morgan fingerprint density at radius 1 is 1.30 bits per heavy atom. The zero-order valence-corrected chi connectivity index (χ0v) is 16.1. The van der Waals surface area contributed by atoms with E-state index in [1.54, 1.807) is 0 Å². The molecule has 0 saturated heterocycles. The van der Waals surface area contributed by atoms with Crippen LogP contribution in [0.1, 0.15) is 38.1 Å². The molecule has 0 aliphatic heterocycles. The summed E-state index contributed by atoms with van der Waals surface area (Å²) in [5.74, 6) is 2.87. The standard InChI is InChI=1S/C20H27NOSi/c1-9-15-16-13-11-12-14-17(16)21(6)19(15)18(10-2)22-23(7,8)20(3,4)5/h1,10-14,18H,2H2,3-8H3. The Labute approximate surface area is 141 Å². The number of hydrogen-bond donors (Lipinski definition) is 0. The van der Waals surface area contributed by atoms with E-state index in [1.807, 2.05) is 25.3 Å². The summed E-state index contributed by atoms with van der Waals surface area (Å²) in [5.41, 5.74) is 3.06. The predicted molar refractivity (Wildman–Crippen MR) is 102 cm³/mol. The van der Waals surface area contributed by atoms with Crippen molar-refractivity contribution in [2.45, 2.75) is 45.0 Å². The van der Waals surface area contributed by atoms with Crippen LogP contribution in [0.15, 0.2) is 36.9 Å². The number of benzene rings is 1. The van der Waals surface area contributed by atoms with Gasteiger partial charge in [-0.25, -0.2) is 0 Å². The van der Waals surface area contributed by atoms with Crippen molar-refractivity contribution < 1.29 is 4.43 Å². The molecule has 0 amide bonds. The molecular formula is C20H27NOSi. The van der Waals surface area contributed by atoms with Crippen molar-refractivity contribution in [3.8, 4) is 12.3 Å². The van der Waals surface area contributed by atoms with Gasteiger partial charge in [0.15, 0.2) is 8.32 Å². The molecule has 0 spiro atoms. The first-order valence-corrected chi connectivity index (χ1v) is 10.9. The van der Waals surface area contributed by atoms with Gasteiger partial charge in [0.25, 0.3) is 0 Å². The minimum absolute atomic E-state index is 0.134. The molecule has 3 heteroatoms. The summed E-state index contributed by atoms with van der Waals surface area (Å²) >= 11 is 0. The minimum atomic E-state index is -1.93. The Morgan fingerprint density at radius 2 is 1.91 bits per heavy atom. The van der Waals surface area contributed by atoms with Crippen LogP contribution in [-0.2, 0) is 11.5 Å². The minimum Gasteiger partial charge on any atom is -0.405 e. The van der Waals surface area contributed by atoms with Crippen LogP contribution in [-0.4, -0.2) is 12.9 Å². The van der Waals surface area contributed by atoms with Gasteiger partial charge >= 0.3 is 0 Å². The van der Waals surface area contributed by atoms with E-state index in [9.17, 15) is 0 Å². The summed E-state index contributed by atoms with van der Waals surface area (Å²) in [6, 6.07) is 8.21. The molecule has 2 aromatic rings. The lowest BCUT2D eigenvalue weighted by Gasteiger charge is -2.38. The second-order valence-corrected chi connectivity index (χ2v) is 12.3. The van der Waals surface area contributed by atoms with Crippen LogP contribution in [0.4, 0.5) is 0 Å². The molecule has 23 heavy (non-hydrogen) atoms. The third kappa shape index (κ3) is 3.02. The van der Waals surface area contributed by atoms with E-state index in [4.69, 9.17) is 10.8 Å². The number of aromatic nitrogens is 1. The molecule has 1 atom stereocenters. The van der Waals surface area contributed by atoms with Crippen molar-refractivity contribution in [2.75, 3.05) is 0 Å². The van der Waals surface area contributed by atoms with Crippen molar-refractivity contribution in [2.24, 2.45) is 7.05 Å². The highest BCUT2D eigenvalue weighted by Gasteiger charge is 2.39. The first kappa shape index (κ1) is 17.6. The van der Waals surface area contributed by atoms with Crippen LogP contribution >= 0.6 is 0 Å². The Hall–Kier alpha value is -1.76. The molecule has 0 N–H and O–H groups in total. The topological polar surface area (TPSA) is 14.2 Å². The van der Waals surface area contributed by atoms with Gasteiger partial charge in [0.1, 0.15) is 6.10 Å². The van der Waals surface area contributed by atoms with Crippen LogP contribution < -0.4 is 0 Å². The quantitative estimate of drug-likeness (QED) is 0.416. The Kier molecular flexibility index (Phi) is 4.61. The first-order chi connectivity index (χ1) is 10.6. The predicted octanol–water partition coefficient (Wildman–Crippen LogP) is 5.41. The molecule has 1 aromatic heterocycles. The van der Waals surface area contributed by atoms with E-state index >= 15 is 0 Å². The molecule has 0 saturated carbocycles. The van der Waals surface area contributed by atoms with Gasteiger partial charge in [-0.05, 0) is 24.2 Å². The van der Waals surface area contributed by atoms with E-state index < -0.39 is 8.32 Å². The molecular weight excluding hydrogens is 298 g/mol.